The van der Waals surface area contributed by atoms with Crippen molar-refractivity contribution in [3.05, 3.63) is 57.8 Å². The Morgan fingerprint density at radius 3 is 2.52 bits per heavy atom. The Labute approximate surface area is 176 Å². The average Bonchev–Trinajstić information content (AvgIpc) is 2.95. The Kier molecular flexibility index (Phi) is 7.79. The quantitative estimate of drug-likeness (QED) is 0.318. The third-order valence-electron chi connectivity index (χ3n) is 4.20. The molecule has 0 aromatic heterocycles. The van der Waals surface area contributed by atoms with Crippen molar-refractivity contribution >= 4 is 32.3 Å². The van der Waals surface area contributed by atoms with Crippen molar-refractivity contribution in [2.45, 2.75) is 65.0 Å². The fourth-order valence-corrected chi connectivity index (χ4v) is 4.98. The second kappa shape index (κ2) is 9.45. The molecule has 0 aliphatic heterocycles. The lowest BCUT2D eigenvalue weighted by molar-refractivity contribution is 0.407. The third kappa shape index (κ3) is 8.68. The van der Waals surface area contributed by atoms with Crippen molar-refractivity contribution in [1.29, 1.82) is 0 Å². The van der Waals surface area contributed by atoms with Crippen LogP contribution in [0.15, 0.2) is 52.2 Å². The molecule has 1 aromatic rings. The summed E-state index contributed by atoms with van der Waals surface area (Å²) >= 11 is 3.67. The summed E-state index contributed by atoms with van der Waals surface area (Å²) in [6.45, 7) is 13.7. The Bertz CT molecular complexity index is 770. The van der Waals surface area contributed by atoms with Crippen LogP contribution >= 0.6 is 15.9 Å². The molecule has 1 atom stereocenters. The number of aryl methyl sites for hydroxylation is 1. The summed E-state index contributed by atoms with van der Waals surface area (Å²) in [5.74, 6) is 5.19. The molecule has 1 unspecified atom stereocenters. The van der Waals surface area contributed by atoms with Gasteiger partial charge in [0, 0.05) is 10.9 Å². The lowest BCUT2D eigenvalue weighted by atomic mass is 10.00. The van der Waals surface area contributed by atoms with Gasteiger partial charge in [-0.3, -0.25) is 0 Å². The van der Waals surface area contributed by atoms with Gasteiger partial charge in [-0.2, -0.15) is 0 Å². The molecule has 0 spiro atoms. The third-order valence-corrected chi connectivity index (χ3v) is 6.72. The van der Waals surface area contributed by atoms with Crippen molar-refractivity contribution < 1.29 is 4.43 Å². The summed E-state index contributed by atoms with van der Waals surface area (Å²) in [4.78, 5) is 0. The summed E-state index contributed by atoms with van der Waals surface area (Å²) in [6, 6.07) is 8.49. The SMILES string of the molecule is C[Si](C)(C)C#C/C(=C\C1C=C(O[Si](C)(C)C)CC1)CCc1ccccc1Br. The molecule has 1 aromatic carbocycles. The van der Waals surface area contributed by atoms with E-state index in [2.05, 4.69) is 103 Å². The fourth-order valence-electron chi connectivity index (χ4n) is 3.01. The predicted molar refractivity (Wildman–Crippen MR) is 127 cm³/mol. The van der Waals surface area contributed by atoms with Crippen molar-refractivity contribution in [2.24, 2.45) is 5.92 Å². The summed E-state index contributed by atoms with van der Waals surface area (Å²) in [7, 11) is -2.90. The molecular weight excluding hydrogens is 428 g/mol. The molecule has 2 rings (SSSR count). The summed E-state index contributed by atoms with van der Waals surface area (Å²) < 4.78 is 7.39. The van der Waals surface area contributed by atoms with Gasteiger partial charge in [-0.05, 0) is 68.1 Å². The number of hydrogen-bond acceptors (Lipinski definition) is 1. The first-order chi connectivity index (χ1) is 12.5. The maximum atomic E-state index is 6.21. The van der Waals surface area contributed by atoms with E-state index in [-0.39, 0.29) is 0 Å². The standard InChI is InChI=1S/C23H33BrOSi2/c1-26(2,3)16-15-19(11-13-21-9-7-8-10-23(21)24)17-20-12-14-22(18-20)25-27(4,5)6/h7-10,17-18,20H,11-14H2,1-6H3/b19-17-. The molecule has 146 valence electrons. The molecule has 0 fully saturated rings. The second-order valence-corrected chi connectivity index (χ2v) is 19.4. The zero-order valence-corrected chi connectivity index (χ0v) is 21.2. The Balaban J connectivity index is 2.16. The van der Waals surface area contributed by atoms with Crippen LogP contribution in [0.5, 0.6) is 0 Å². The van der Waals surface area contributed by atoms with E-state index in [9.17, 15) is 0 Å². The van der Waals surface area contributed by atoms with Gasteiger partial charge in [0.1, 0.15) is 8.07 Å². The van der Waals surface area contributed by atoms with E-state index < -0.39 is 16.4 Å². The van der Waals surface area contributed by atoms with Crippen LogP contribution in [0.2, 0.25) is 39.3 Å². The lowest BCUT2D eigenvalue weighted by Gasteiger charge is -2.19. The molecule has 1 nitrogen and oxygen atoms in total. The number of rotatable bonds is 6. The number of allylic oxidation sites excluding steroid dienone is 4. The highest BCUT2D eigenvalue weighted by molar-refractivity contribution is 9.10. The number of hydrogen-bond donors (Lipinski definition) is 0. The Morgan fingerprint density at radius 1 is 1.19 bits per heavy atom. The van der Waals surface area contributed by atoms with Gasteiger partial charge in [-0.1, -0.05) is 65.8 Å². The first kappa shape index (κ1) is 22.3. The van der Waals surface area contributed by atoms with E-state index in [1.807, 2.05) is 0 Å². The van der Waals surface area contributed by atoms with Crippen molar-refractivity contribution in [2.75, 3.05) is 0 Å². The maximum Gasteiger partial charge on any atom is 0.241 e. The molecule has 0 heterocycles. The summed E-state index contributed by atoms with van der Waals surface area (Å²) in [5.41, 5.74) is 6.19. The summed E-state index contributed by atoms with van der Waals surface area (Å²) in [5, 5.41) is 0. The van der Waals surface area contributed by atoms with Crippen LogP contribution in [0, 0.1) is 17.4 Å². The van der Waals surface area contributed by atoms with Gasteiger partial charge in [0.15, 0.2) is 0 Å². The fraction of sp³-hybridized carbons (Fsp3) is 0.478. The highest BCUT2D eigenvalue weighted by Gasteiger charge is 2.22. The predicted octanol–water partition coefficient (Wildman–Crippen LogP) is 7.33. The summed E-state index contributed by atoms with van der Waals surface area (Å²) in [6.07, 6.45) is 8.94. The second-order valence-electron chi connectivity index (χ2n) is 9.33. The van der Waals surface area contributed by atoms with Crippen molar-refractivity contribution in [3.63, 3.8) is 0 Å². The highest BCUT2D eigenvalue weighted by atomic mass is 79.9. The molecule has 0 amide bonds. The minimum atomic E-state index is -1.51. The maximum absolute atomic E-state index is 6.21. The highest BCUT2D eigenvalue weighted by Crippen LogP contribution is 2.30. The van der Waals surface area contributed by atoms with E-state index in [1.165, 1.54) is 21.4 Å². The smallest absolute Gasteiger partial charge is 0.241 e. The van der Waals surface area contributed by atoms with Gasteiger partial charge in [0.2, 0.25) is 8.32 Å². The Hall–Kier alpha value is -1.03. The average molecular weight is 462 g/mol. The molecule has 4 heteroatoms. The van der Waals surface area contributed by atoms with Gasteiger partial charge in [-0.25, -0.2) is 0 Å². The molecule has 1 aliphatic carbocycles. The van der Waals surface area contributed by atoms with Gasteiger partial charge >= 0.3 is 0 Å². The molecular formula is C23H33BrOSi2. The minimum Gasteiger partial charge on any atom is -0.548 e. The topological polar surface area (TPSA) is 9.23 Å². The normalized spacial score (nSPS) is 18.0. The largest absolute Gasteiger partial charge is 0.548 e. The van der Waals surface area contributed by atoms with Crippen LogP contribution in [0.1, 0.15) is 24.8 Å². The van der Waals surface area contributed by atoms with Crippen LogP contribution in [0.3, 0.4) is 0 Å². The van der Waals surface area contributed by atoms with Gasteiger partial charge in [-0.15, -0.1) is 5.54 Å². The van der Waals surface area contributed by atoms with E-state index >= 15 is 0 Å². The van der Waals surface area contributed by atoms with E-state index in [1.54, 1.807) is 0 Å². The Morgan fingerprint density at radius 2 is 1.89 bits per heavy atom. The van der Waals surface area contributed by atoms with E-state index in [0.29, 0.717) is 5.92 Å². The minimum absolute atomic E-state index is 0.460. The van der Waals surface area contributed by atoms with Crippen LogP contribution in [0.25, 0.3) is 0 Å². The molecule has 1 aliphatic rings. The number of halogens is 1. The first-order valence-electron chi connectivity index (χ1n) is 9.89. The van der Waals surface area contributed by atoms with Crippen LogP contribution in [-0.4, -0.2) is 16.4 Å². The molecule has 0 N–H and O–H groups in total. The van der Waals surface area contributed by atoms with Gasteiger partial charge in [0.05, 0.1) is 5.76 Å². The lowest BCUT2D eigenvalue weighted by Crippen LogP contribution is -2.24. The van der Waals surface area contributed by atoms with Crippen LogP contribution in [0.4, 0.5) is 0 Å². The zero-order chi connectivity index (χ0) is 20.1. The molecule has 0 bridgehead atoms. The molecule has 27 heavy (non-hydrogen) atoms. The van der Waals surface area contributed by atoms with Crippen LogP contribution < -0.4 is 0 Å². The zero-order valence-electron chi connectivity index (χ0n) is 17.7. The molecule has 0 saturated carbocycles. The first-order valence-corrected chi connectivity index (χ1v) is 17.6. The molecule has 0 radical (unpaired) electrons. The number of benzene rings is 1. The van der Waals surface area contributed by atoms with Crippen molar-refractivity contribution in [3.8, 4) is 11.5 Å². The monoisotopic (exact) mass is 460 g/mol. The van der Waals surface area contributed by atoms with Gasteiger partial charge < -0.3 is 4.43 Å². The van der Waals surface area contributed by atoms with Crippen molar-refractivity contribution in [1.82, 2.24) is 0 Å². The van der Waals surface area contributed by atoms with Gasteiger partial charge in [0.25, 0.3) is 0 Å². The van der Waals surface area contributed by atoms with E-state index in [0.717, 1.165) is 25.7 Å². The van der Waals surface area contributed by atoms with Crippen LogP contribution in [-0.2, 0) is 10.8 Å². The van der Waals surface area contributed by atoms with E-state index in [4.69, 9.17) is 4.43 Å². The molecule has 0 saturated heterocycles.